The van der Waals surface area contributed by atoms with E-state index in [4.69, 9.17) is 37.9 Å². The van der Waals surface area contributed by atoms with Crippen molar-refractivity contribution in [3.05, 3.63) is 120 Å². The number of hydrogen-bond acceptors (Lipinski definition) is 14. The van der Waals surface area contributed by atoms with Gasteiger partial charge in [0.05, 0.1) is 67.6 Å². The molecule has 0 spiro atoms. The molecule has 74 heavy (non-hydrogen) atoms. The van der Waals surface area contributed by atoms with E-state index in [1.807, 2.05) is 61.5 Å². The molecule has 4 aliphatic heterocycles. The van der Waals surface area contributed by atoms with E-state index in [9.17, 15) is 30.3 Å². The number of phenols is 3. The molecular formula is C58H78N2O14. The third-order valence-electron chi connectivity index (χ3n) is 14.5. The van der Waals surface area contributed by atoms with Crippen molar-refractivity contribution in [3.8, 4) is 17.2 Å². The summed E-state index contributed by atoms with van der Waals surface area (Å²) in [5.74, 6) is 0.350. The maximum atomic E-state index is 12.9. The molecule has 4 fully saturated rings. The monoisotopic (exact) mass is 1030 g/mol. The predicted octanol–water partition coefficient (Wildman–Crippen LogP) is 10.5. The summed E-state index contributed by atoms with van der Waals surface area (Å²) in [6.45, 7) is 4.19. The van der Waals surface area contributed by atoms with Crippen LogP contribution in [0.3, 0.4) is 0 Å². The molecule has 0 bridgehead atoms. The Kier molecular flexibility index (Phi) is 20.8. The van der Waals surface area contributed by atoms with Crippen molar-refractivity contribution in [2.75, 3.05) is 11.9 Å². The van der Waals surface area contributed by atoms with Crippen LogP contribution in [0.1, 0.15) is 152 Å². The molecule has 4 aromatic rings. The van der Waals surface area contributed by atoms with Crippen LogP contribution in [0.2, 0.25) is 0 Å². The molecule has 16 nitrogen and oxygen atoms in total. The van der Waals surface area contributed by atoms with Crippen LogP contribution < -0.4 is 10.6 Å². The zero-order valence-corrected chi connectivity index (χ0v) is 42.8. The Morgan fingerprint density at radius 2 is 0.919 bits per heavy atom. The van der Waals surface area contributed by atoms with Crippen molar-refractivity contribution in [1.82, 2.24) is 5.32 Å². The van der Waals surface area contributed by atoms with E-state index in [0.717, 1.165) is 32.1 Å². The highest BCUT2D eigenvalue weighted by Gasteiger charge is 2.37. The minimum atomic E-state index is -0.768. The van der Waals surface area contributed by atoms with Crippen molar-refractivity contribution in [3.63, 3.8) is 0 Å². The number of aliphatic hydroxyl groups excluding tert-OH is 2. The number of phenolic OH excluding ortho intramolecular Hbond substituents is 3. The Labute approximate surface area is 435 Å². The number of rotatable bonds is 23. The quantitative estimate of drug-likeness (QED) is 0.0368. The molecule has 8 rings (SSSR count). The molecule has 4 aliphatic rings. The SMILES string of the molecule is CCC1CC(CCCC2CC(CC(O)CCCC3CC(CCCC(O)CC4C[C@H](C)OC(c5ccccc5O)O4)OC(c4ccccc4O)O3)OC(CNC(=O)Nc3ccccc3)O2)OC(c2ccccc2O)O1. The molecule has 0 aliphatic carbocycles. The summed E-state index contributed by atoms with van der Waals surface area (Å²) in [6.07, 6.45) is 5.01. The summed E-state index contributed by atoms with van der Waals surface area (Å²) in [4.78, 5) is 12.9. The number of para-hydroxylation sites is 4. The van der Waals surface area contributed by atoms with Crippen molar-refractivity contribution in [1.29, 1.82) is 0 Å². The van der Waals surface area contributed by atoms with Gasteiger partial charge < -0.3 is 74.1 Å². The lowest BCUT2D eigenvalue weighted by Crippen LogP contribution is -2.46. The van der Waals surface area contributed by atoms with Crippen LogP contribution in [0.15, 0.2) is 103 Å². The van der Waals surface area contributed by atoms with Crippen LogP contribution >= 0.6 is 0 Å². The Balaban J connectivity index is 0.823. The molecule has 4 aromatic carbocycles. The summed E-state index contributed by atoms with van der Waals surface area (Å²) in [5.41, 5.74) is 2.42. The van der Waals surface area contributed by atoms with Crippen LogP contribution in [-0.2, 0) is 37.9 Å². The summed E-state index contributed by atoms with van der Waals surface area (Å²) in [5, 5.41) is 60.2. The lowest BCUT2D eigenvalue weighted by molar-refractivity contribution is -0.253. The van der Waals surface area contributed by atoms with Gasteiger partial charge in [0.1, 0.15) is 17.2 Å². The van der Waals surface area contributed by atoms with Gasteiger partial charge in [0.25, 0.3) is 0 Å². The van der Waals surface area contributed by atoms with Gasteiger partial charge in [-0.1, -0.05) is 79.7 Å². The lowest BCUT2D eigenvalue weighted by atomic mass is 9.95. The number of aliphatic hydroxyl groups is 2. The number of hydrogen-bond donors (Lipinski definition) is 7. The Bertz CT molecular complexity index is 2310. The van der Waals surface area contributed by atoms with E-state index in [0.29, 0.717) is 93.0 Å². The van der Waals surface area contributed by atoms with Crippen LogP contribution in [0.5, 0.6) is 17.2 Å². The second kappa shape index (κ2) is 27.8. The number of ether oxygens (including phenoxy) is 8. The number of urea groups is 1. The largest absolute Gasteiger partial charge is 0.507 e. The number of nitrogens with one attached hydrogen (secondary N) is 2. The summed E-state index contributed by atoms with van der Waals surface area (Å²) < 4.78 is 50.6. The molecule has 2 amide bonds. The fraction of sp³-hybridized carbons (Fsp3) is 0.569. The van der Waals surface area contributed by atoms with Gasteiger partial charge in [0, 0.05) is 41.6 Å². The van der Waals surface area contributed by atoms with Gasteiger partial charge in [-0.05, 0) is 121 Å². The topological polar surface area (TPSA) is 216 Å². The van der Waals surface area contributed by atoms with E-state index < -0.39 is 37.4 Å². The zero-order chi connectivity index (χ0) is 51.8. The average molecular weight is 1030 g/mol. The van der Waals surface area contributed by atoms with Crippen LogP contribution in [0.25, 0.3) is 0 Å². The van der Waals surface area contributed by atoms with Crippen molar-refractivity contribution in [2.24, 2.45) is 0 Å². The lowest BCUT2D eigenvalue weighted by Gasteiger charge is -2.38. The van der Waals surface area contributed by atoms with Crippen molar-refractivity contribution in [2.45, 2.75) is 203 Å². The molecule has 16 heteroatoms. The minimum Gasteiger partial charge on any atom is -0.507 e. The van der Waals surface area contributed by atoms with Gasteiger partial charge in [-0.3, -0.25) is 0 Å². The Hall–Kier alpha value is -4.85. The highest BCUT2D eigenvalue weighted by Crippen LogP contribution is 2.40. The van der Waals surface area contributed by atoms with E-state index in [1.54, 1.807) is 48.5 Å². The summed E-state index contributed by atoms with van der Waals surface area (Å²) in [7, 11) is 0. The van der Waals surface area contributed by atoms with E-state index in [-0.39, 0.29) is 78.7 Å². The molecular weight excluding hydrogens is 949 g/mol. The van der Waals surface area contributed by atoms with Crippen LogP contribution in [-0.4, -0.2) is 105 Å². The number of carbonyl (C=O) groups excluding carboxylic acids is 1. The second-order valence-electron chi connectivity index (χ2n) is 20.5. The second-order valence-corrected chi connectivity index (χ2v) is 20.5. The van der Waals surface area contributed by atoms with Crippen molar-refractivity contribution < 1.29 is 68.2 Å². The van der Waals surface area contributed by atoms with Crippen molar-refractivity contribution >= 4 is 11.7 Å². The fourth-order valence-corrected chi connectivity index (χ4v) is 10.7. The zero-order valence-electron chi connectivity index (χ0n) is 42.8. The molecule has 404 valence electrons. The third-order valence-corrected chi connectivity index (χ3v) is 14.5. The maximum Gasteiger partial charge on any atom is 0.319 e. The number of benzene rings is 4. The highest BCUT2D eigenvalue weighted by atomic mass is 16.7. The molecule has 14 atom stereocenters. The minimum absolute atomic E-state index is 0.00559. The van der Waals surface area contributed by atoms with Gasteiger partial charge in [-0.25, -0.2) is 4.79 Å². The first-order valence-corrected chi connectivity index (χ1v) is 27.0. The predicted molar refractivity (Wildman–Crippen MR) is 276 cm³/mol. The van der Waals surface area contributed by atoms with Crippen LogP contribution in [0, 0.1) is 0 Å². The smallest absolute Gasteiger partial charge is 0.319 e. The van der Waals surface area contributed by atoms with Gasteiger partial charge in [0.15, 0.2) is 25.2 Å². The van der Waals surface area contributed by atoms with Crippen LogP contribution in [0.4, 0.5) is 10.5 Å². The summed E-state index contributed by atoms with van der Waals surface area (Å²) in [6, 6.07) is 29.9. The maximum absolute atomic E-state index is 12.9. The molecule has 0 radical (unpaired) electrons. The molecule has 7 N–H and O–H groups in total. The third kappa shape index (κ3) is 16.6. The van der Waals surface area contributed by atoms with Gasteiger partial charge in [-0.15, -0.1) is 0 Å². The first kappa shape index (κ1) is 55.4. The molecule has 0 aromatic heterocycles. The van der Waals surface area contributed by atoms with Gasteiger partial charge >= 0.3 is 6.03 Å². The number of anilines is 1. The molecule has 0 saturated carbocycles. The van der Waals surface area contributed by atoms with Gasteiger partial charge in [0.2, 0.25) is 0 Å². The molecule has 13 unspecified atom stereocenters. The first-order chi connectivity index (χ1) is 35.9. The average Bonchev–Trinajstić information content (AvgIpc) is 3.38. The fourth-order valence-electron chi connectivity index (χ4n) is 10.7. The number of aromatic hydroxyl groups is 3. The van der Waals surface area contributed by atoms with E-state index in [2.05, 4.69) is 17.6 Å². The van der Waals surface area contributed by atoms with Gasteiger partial charge in [-0.2, -0.15) is 0 Å². The van der Waals surface area contributed by atoms with E-state index >= 15 is 0 Å². The first-order valence-electron chi connectivity index (χ1n) is 27.0. The molecule has 4 heterocycles. The Morgan fingerprint density at radius 1 is 0.514 bits per heavy atom. The normalized spacial score (nSPS) is 29.2. The molecule has 4 saturated heterocycles. The number of carbonyl (C=O) groups is 1. The number of amides is 2. The van der Waals surface area contributed by atoms with E-state index in [1.165, 1.54) is 0 Å². The standard InChI is InChI=1S/C58H78N2O14/c1-3-41-33-43(71-56(70-41)49-25-8-11-28-52(49)64)23-15-22-42-35-47(69-54(68-42)36-59-58(66)60-38-16-5-4-6-17-38)32-40(62)19-14-21-45-34-44(72-57(73-45)50-26-9-12-29-53(50)65)20-13-18-39(61)31-46-30-37(2)67-55(74-46)48-24-7-10-27-51(48)63/h4-12,16-17,24-29,37,39-47,54-57,61-65H,3,13-15,18-23,30-36H2,1-2H3,(H2,59,60,66)/t37-,39?,40?,41?,42?,43?,44?,45?,46?,47?,54?,55?,56?,57?/m0/s1. The Morgan fingerprint density at radius 3 is 1.45 bits per heavy atom. The highest BCUT2D eigenvalue weighted by molar-refractivity contribution is 5.89. The summed E-state index contributed by atoms with van der Waals surface area (Å²) >= 11 is 0.